The molecule has 1 N–H and O–H groups in total. The predicted molar refractivity (Wildman–Crippen MR) is 95.9 cm³/mol. The van der Waals surface area contributed by atoms with Gasteiger partial charge in [-0.2, -0.15) is 0 Å². The molecule has 0 bridgehead atoms. The lowest BCUT2D eigenvalue weighted by Gasteiger charge is -2.23. The third-order valence-corrected chi connectivity index (χ3v) is 4.61. The number of unbranched alkanes of at least 4 members (excludes halogenated alkanes) is 8. The Bertz CT molecular complexity index is 405. The summed E-state index contributed by atoms with van der Waals surface area (Å²) in [7, 11) is 0. The third kappa shape index (κ3) is 7.50. The van der Waals surface area contributed by atoms with Crippen LogP contribution in [0.2, 0.25) is 0 Å². The molecule has 1 atom stereocenters. The lowest BCUT2D eigenvalue weighted by molar-refractivity contribution is -0.151. The van der Waals surface area contributed by atoms with Crippen LogP contribution in [-0.4, -0.2) is 23.0 Å². The molecule has 1 unspecified atom stereocenters. The zero-order valence-electron chi connectivity index (χ0n) is 15.4. The lowest BCUT2D eigenvalue weighted by Crippen LogP contribution is -2.33. The van der Waals surface area contributed by atoms with E-state index in [1.165, 1.54) is 32.1 Å². The molecule has 0 spiro atoms. The molecule has 1 aliphatic rings. The van der Waals surface area contributed by atoms with E-state index < -0.39 is 5.97 Å². The summed E-state index contributed by atoms with van der Waals surface area (Å²) in [6.45, 7) is 4.28. The summed E-state index contributed by atoms with van der Waals surface area (Å²) in [6, 6.07) is 0. The zero-order chi connectivity index (χ0) is 17.8. The topological polar surface area (TPSA) is 63.6 Å². The van der Waals surface area contributed by atoms with Gasteiger partial charge in [-0.3, -0.25) is 4.79 Å². The fourth-order valence-corrected chi connectivity index (χ4v) is 3.11. The van der Waals surface area contributed by atoms with Crippen LogP contribution in [0.15, 0.2) is 11.3 Å². The number of aliphatic hydroxyl groups is 1. The molecule has 0 saturated carbocycles. The molecule has 4 nitrogen and oxygen atoms in total. The van der Waals surface area contributed by atoms with Gasteiger partial charge < -0.3 is 9.84 Å². The van der Waals surface area contributed by atoms with Crippen molar-refractivity contribution in [3.8, 4) is 0 Å². The minimum atomic E-state index is -0.631. The number of Topliss-reactive ketones (excluding diaryl/α,β-unsaturated/α-hetero) is 1. The van der Waals surface area contributed by atoms with Crippen molar-refractivity contribution >= 4 is 11.8 Å². The fourth-order valence-electron chi connectivity index (χ4n) is 3.11. The minimum absolute atomic E-state index is 0.0900. The van der Waals surface area contributed by atoms with E-state index in [4.69, 9.17) is 4.74 Å². The highest BCUT2D eigenvalue weighted by molar-refractivity contribution is 6.19. The molecular formula is C20H34O4. The molecule has 24 heavy (non-hydrogen) atoms. The SMILES string of the molecule is CCCCCCCCCC1CC(=O)C(=C(O)CCCCC)C(=O)O1. The van der Waals surface area contributed by atoms with E-state index in [1.807, 2.05) is 0 Å². The molecule has 0 aromatic rings. The largest absolute Gasteiger partial charge is 0.511 e. The first-order valence-electron chi connectivity index (χ1n) is 9.76. The number of ketones is 1. The molecule has 0 aliphatic carbocycles. The number of cyclic esters (lactones) is 1. The van der Waals surface area contributed by atoms with Gasteiger partial charge >= 0.3 is 5.97 Å². The molecule has 0 amide bonds. The van der Waals surface area contributed by atoms with Crippen LogP contribution in [0.5, 0.6) is 0 Å². The molecule has 1 fully saturated rings. The lowest BCUT2D eigenvalue weighted by atomic mass is 9.96. The van der Waals surface area contributed by atoms with Gasteiger partial charge in [-0.1, -0.05) is 65.2 Å². The van der Waals surface area contributed by atoms with Gasteiger partial charge in [0.1, 0.15) is 17.4 Å². The number of rotatable bonds is 12. The van der Waals surface area contributed by atoms with Crippen LogP contribution in [-0.2, 0) is 14.3 Å². The highest BCUT2D eigenvalue weighted by atomic mass is 16.5. The number of hydrogen-bond acceptors (Lipinski definition) is 4. The van der Waals surface area contributed by atoms with Gasteiger partial charge in [0.15, 0.2) is 5.78 Å². The number of aliphatic hydroxyl groups excluding tert-OH is 1. The Morgan fingerprint density at radius 2 is 1.54 bits per heavy atom. The van der Waals surface area contributed by atoms with E-state index in [0.717, 1.165) is 38.5 Å². The minimum Gasteiger partial charge on any atom is -0.511 e. The van der Waals surface area contributed by atoms with Crippen molar-refractivity contribution in [1.82, 2.24) is 0 Å². The maximum atomic E-state index is 12.2. The summed E-state index contributed by atoms with van der Waals surface area (Å²) < 4.78 is 5.36. The summed E-state index contributed by atoms with van der Waals surface area (Å²) in [5, 5.41) is 10.0. The monoisotopic (exact) mass is 338 g/mol. The van der Waals surface area contributed by atoms with Gasteiger partial charge in [0.05, 0.1) is 0 Å². The molecule has 4 heteroatoms. The number of allylic oxidation sites excluding steroid dienone is 1. The average molecular weight is 338 g/mol. The van der Waals surface area contributed by atoms with Crippen molar-refractivity contribution < 1.29 is 19.4 Å². The smallest absolute Gasteiger partial charge is 0.345 e. The molecule has 0 aromatic carbocycles. The third-order valence-electron chi connectivity index (χ3n) is 4.61. The van der Waals surface area contributed by atoms with Gasteiger partial charge in [-0.05, 0) is 19.3 Å². The standard InChI is InChI=1S/C20H34O4/c1-3-5-7-8-9-10-12-13-16-15-18(22)19(20(23)24-16)17(21)14-11-6-4-2/h16,21H,3-15H2,1-2H3. The quantitative estimate of drug-likeness (QED) is 0.170. The van der Waals surface area contributed by atoms with Crippen molar-refractivity contribution in [2.45, 2.75) is 103 Å². The average Bonchev–Trinajstić information content (AvgIpc) is 2.53. The zero-order valence-corrected chi connectivity index (χ0v) is 15.4. The van der Waals surface area contributed by atoms with Crippen LogP contribution >= 0.6 is 0 Å². The van der Waals surface area contributed by atoms with Crippen LogP contribution in [0.4, 0.5) is 0 Å². The van der Waals surface area contributed by atoms with Crippen LogP contribution in [0.3, 0.4) is 0 Å². The fraction of sp³-hybridized carbons (Fsp3) is 0.800. The van der Waals surface area contributed by atoms with Crippen LogP contribution in [0.1, 0.15) is 97.3 Å². The first kappa shape index (κ1) is 20.7. The van der Waals surface area contributed by atoms with Gasteiger partial charge in [-0.15, -0.1) is 0 Å². The molecule has 1 saturated heterocycles. The van der Waals surface area contributed by atoms with Crippen molar-refractivity contribution in [3.05, 3.63) is 11.3 Å². The van der Waals surface area contributed by atoms with Crippen LogP contribution in [0.25, 0.3) is 0 Å². The molecule has 0 radical (unpaired) electrons. The highest BCUT2D eigenvalue weighted by Gasteiger charge is 2.34. The Morgan fingerprint density at radius 1 is 0.958 bits per heavy atom. The van der Waals surface area contributed by atoms with Crippen molar-refractivity contribution in [2.75, 3.05) is 0 Å². The first-order valence-corrected chi connectivity index (χ1v) is 9.76. The molecule has 1 aliphatic heterocycles. The van der Waals surface area contributed by atoms with Crippen LogP contribution < -0.4 is 0 Å². The Hall–Kier alpha value is -1.32. The van der Waals surface area contributed by atoms with Crippen molar-refractivity contribution in [1.29, 1.82) is 0 Å². The molecule has 1 rings (SSSR count). The van der Waals surface area contributed by atoms with Crippen molar-refractivity contribution in [2.24, 2.45) is 0 Å². The van der Waals surface area contributed by atoms with Crippen molar-refractivity contribution in [3.63, 3.8) is 0 Å². The second-order valence-corrected chi connectivity index (χ2v) is 6.84. The Labute approximate surface area is 146 Å². The number of carbonyl (C=O) groups excluding carboxylic acids is 2. The number of esters is 1. The number of hydrogen-bond donors (Lipinski definition) is 1. The van der Waals surface area contributed by atoms with Gasteiger partial charge in [0.25, 0.3) is 0 Å². The van der Waals surface area contributed by atoms with Gasteiger partial charge in [0.2, 0.25) is 0 Å². The summed E-state index contributed by atoms with van der Waals surface area (Å²) in [5.74, 6) is -0.978. The highest BCUT2D eigenvalue weighted by Crippen LogP contribution is 2.24. The maximum Gasteiger partial charge on any atom is 0.345 e. The summed E-state index contributed by atoms with van der Waals surface area (Å²) in [5.41, 5.74) is -0.109. The maximum absolute atomic E-state index is 12.2. The Balaban J connectivity index is 2.33. The molecule has 1 heterocycles. The van der Waals surface area contributed by atoms with E-state index in [-0.39, 0.29) is 29.6 Å². The Kier molecular flexibility index (Phi) is 10.4. The second kappa shape index (κ2) is 12.1. The summed E-state index contributed by atoms with van der Waals surface area (Å²) in [4.78, 5) is 24.2. The van der Waals surface area contributed by atoms with E-state index >= 15 is 0 Å². The van der Waals surface area contributed by atoms with Crippen LogP contribution in [0, 0.1) is 0 Å². The molecule has 138 valence electrons. The van der Waals surface area contributed by atoms with E-state index in [9.17, 15) is 14.7 Å². The van der Waals surface area contributed by atoms with Gasteiger partial charge in [0, 0.05) is 12.8 Å². The summed E-state index contributed by atoms with van der Waals surface area (Å²) in [6.07, 6.45) is 12.2. The van der Waals surface area contributed by atoms with E-state index in [0.29, 0.717) is 6.42 Å². The normalized spacial score (nSPS) is 20.2. The van der Waals surface area contributed by atoms with E-state index in [2.05, 4.69) is 13.8 Å². The first-order chi connectivity index (χ1) is 11.6. The number of ether oxygens (including phenoxy) is 1. The summed E-state index contributed by atoms with van der Waals surface area (Å²) >= 11 is 0. The molecular weight excluding hydrogens is 304 g/mol. The molecule has 0 aromatic heterocycles. The second-order valence-electron chi connectivity index (χ2n) is 6.84. The number of carbonyl (C=O) groups is 2. The van der Waals surface area contributed by atoms with Gasteiger partial charge in [-0.25, -0.2) is 4.79 Å². The Morgan fingerprint density at radius 3 is 2.17 bits per heavy atom. The van der Waals surface area contributed by atoms with E-state index in [1.54, 1.807) is 0 Å². The predicted octanol–water partition coefficient (Wildman–Crippen LogP) is 5.40.